The average Bonchev–Trinajstić information content (AvgIpc) is 2.72. The van der Waals surface area contributed by atoms with E-state index >= 15 is 0 Å². The summed E-state index contributed by atoms with van der Waals surface area (Å²) in [6.07, 6.45) is 3.86. The lowest BCUT2D eigenvalue weighted by atomic mass is 9.99. The Balaban J connectivity index is 2.45. The van der Waals surface area contributed by atoms with Crippen molar-refractivity contribution < 1.29 is 4.79 Å². The fraction of sp³-hybridized carbons (Fsp3) is 0.333. The predicted octanol–water partition coefficient (Wildman–Crippen LogP) is 3.39. The molecule has 0 aliphatic carbocycles. The van der Waals surface area contributed by atoms with Gasteiger partial charge >= 0.3 is 0 Å². The highest BCUT2D eigenvalue weighted by Gasteiger charge is 2.10. The van der Waals surface area contributed by atoms with Gasteiger partial charge in [-0.3, -0.25) is 9.48 Å². The van der Waals surface area contributed by atoms with Gasteiger partial charge in [0, 0.05) is 23.4 Å². The van der Waals surface area contributed by atoms with Crippen LogP contribution in [0, 0.1) is 13.8 Å². The predicted molar refractivity (Wildman–Crippen MR) is 72.8 cm³/mol. The molecule has 18 heavy (non-hydrogen) atoms. The maximum Gasteiger partial charge on any atom is 0.150 e. The van der Waals surface area contributed by atoms with Crippen LogP contribution in [0.15, 0.2) is 24.4 Å². The number of nitrogens with zero attached hydrogens (tertiary/aromatic N) is 2. The molecule has 0 aliphatic rings. The van der Waals surface area contributed by atoms with Gasteiger partial charge in [0.05, 0.1) is 6.20 Å². The maximum atomic E-state index is 10.7. The first-order valence-corrected chi connectivity index (χ1v) is 6.26. The molecule has 1 heterocycles. The summed E-state index contributed by atoms with van der Waals surface area (Å²) in [4.78, 5) is 10.7. The van der Waals surface area contributed by atoms with Crippen LogP contribution in [0.3, 0.4) is 0 Å². The van der Waals surface area contributed by atoms with Gasteiger partial charge in [-0.25, -0.2) is 0 Å². The van der Waals surface area contributed by atoms with E-state index in [2.05, 4.69) is 18.9 Å². The zero-order valence-electron chi connectivity index (χ0n) is 11.1. The highest BCUT2D eigenvalue weighted by atomic mass is 16.1. The number of aromatic nitrogens is 2. The largest absolute Gasteiger partial charge is 0.298 e. The Morgan fingerprint density at radius 1 is 1.28 bits per heavy atom. The molecule has 0 radical (unpaired) electrons. The van der Waals surface area contributed by atoms with Gasteiger partial charge < -0.3 is 0 Å². The Morgan fingerprint density at radius 2 is 2.06 bits per heavy atom. The van der Waals surface area contributed by atoms with Crippen molar-refractivity contribution in [2.24, 2.45) is 0 Å². The van der Waals surface area contributed by atoms with Gasteiger partial charge in [-0.2, -0.15) is 5.10 Å². The normalized spacial score (nSPS) is 10.6. The van der Waals surface area contributed by atoms with Gasteiger partial charge in [-0.05, 0) is 37.5 Å². The third-order valence-electron chi connectivity index (χ3n) is 3.22. The summed E-state index contributed by atoms with van der Waals surface area (Å²) >= 11 is 0. The number of rotatable bonds is 4. The van der Waals surface area contributed by atoms with Crippen LogP contribution in [-0.2, 0) is 6.54 Å². The van der Waals surface area contributed by atoms with Crippen LogP contribution in [0.4, 0.5) is 0 Å². The van der Waals surface area contributed by atoms with E-state index in [0.29, 0.717) is 0 Å². The molecule has 1 aromatic carbocycles. The van der Waals surface area contributed by atoms with Gasteiger partial charge in [0.1, 0.15) is 6.29 Å². The van der Waals surface area contributed by atoms with Crippen molar-refractivity contribution in [2.45, 2.75) is 33.7 Å². The van der Waals surface area contributed by atoms with Crippen LogP contribution in [0.5, 0.6) is 0 Å². The SMILES string of the molecule is CCCn1ncc(-c2ccc(C=O)cc2C)c1C. The van der Waals surface area contributed by atoms with E-state index in [-0.39, 0.29) is 0 Å². The van der Waals surface area contributed by atoms with E-state index in [1.54, 1.807) is 0 Å². The number of carbonyl (C=O) groups is 1. The van der Waals surface area contributed by atoms with E-state index in [9.17, 15) is 4.79 Å². The smallest absolute Gasteiger partial charge is 0.150 e. The molecule has 2 aromatic rings. The van der Waals surface area contributed by atoms with Crippen molar-refractivity contribution in [2.75, 3.05) is 0 Å². The first kappa shape index (κ1) is 12.6. The third-order valence-corrected chi connectivity index (χ3v) is 3.22. The second kappa shape index (κ2) is 5.17. The minimum Gasteiger partial charge on any atom is -0.298 e. The van der Waals surface area contributed by atoms with Crippen molar-refractivity contribution >= 4 is 6.29 Å². The zero-order valence-corrected chi connectivity index (χ0v) is 11.1. The molecule has 1 aromatic heterocycles. The second-order valence-corrected chi connectivity index (χ2v) is 4.56. The summed E-state index contributed by atoms with van der Waals surface area (Å²) in [6.45, 7) is 7.20. The Kier molecular flexibility index (Phi) is 3.60. The van der Waals surface area contributed by atoms with E-state index < -0.39 is 0 Å². The van der Waals surface area contributed by atoms with Gasteiger partial charge in [-0.15, -0.1) is 0 Å². The molecule has 0 aliphatic heterocycles. The van der Waals surface area contributed by atoms with Crippen LogP contribution in [0.2, 0.25) is 0 Å². The molecule has 0 atom stereocenters. The van der Waals surface area contributed by atoms with Gasteiger partial charge in [0.2, 0.25) is 0 Å². The topological polar surface area (TPSA) is 34.9 Å². The van der Waals surface area contributed by atoms with Crippen LogP contribution in [-0.4, -0.2) is 16.1 Å². The summed E-state index contributed by atoms with van der Waals surface area (Å²) in [5, 5.41) is 4.41. The molecule has 0 fully saturated rings. The van der Waals surface area contributed by atoms with Crippen LogP contribution in [0.1, 0.15) is 35.0 Å². The molecule has 0 unspecified atom stereocenters. The third kappa shape index (κ3) is 2.21. The minimum absolute atomic E-state index is 0.717. The van der Waals surface area contributed by atoms with Gasteiger partial charge in [0.25, 0.3) is 0 Å². The maximum absolute atomic E-state index is 10.7. The highest BCUT2D eigenvalue weighted by molar-refractivity contribution is 5.78. The Morgan fingerprint density at radius 3 is 2.67 bits per heavy atom. The van der Waals surface area contributed by atoms with E-state index in [4.69, 9.17) is 0 Å². The first-order chi connectivity index (χ1) is 8.67. The molecule has 0 spiro atoms. The average molecular weight is 242 g/mol. The fourth-order valence-electron chi connectivity index (χ4n) is 2.21. The molecule has 3 nitrogen and oxygen atoms in total. The standard InChI is InChI=1S/C15H18N2O/c1-4-7-17-12(3)15(9-16-17)14-6-5-13(10-18)8-11(14)2/h5-6,8-10H,4,7H2,1-3H3. The van der Waals surface area contributed by atoms with E-state index in [1.165, 1.54) is 5.69 Å². The van der Waals surface area contributed by atoms with Crippen molar-refractivity contribution in [1.82, 2.24) is 9.78 Å². The number of benzene rings is 1. The molecule has 0 saturated carbocycles. The van der Waals surface area contributed by atoms with Crippen LogP contribution < -0.4 is 0 Å². The van der Waals surface area contributed by atoms with Crippen molar-refractivity contribution in [3.63, 3.8) is 0 Å². The van der Waals surface area contributed by atoms with E-state index in [1.807, 2.05) is 36.0 Å². The van der Waals surface area contributed by atoms with Crippen molar-refractivity contribution in [3.05, 3.63) is 41.2 Å². The number of carbonyl (C=O) groups excluding carboxylic acids is 1. The van der Waals surface area contributed by atoms with Crippen LogP contribution in [0.25, 0.3) is 11.1 Å². The summed E-state index contributed by atoms with van der Waals surface area (Å²) in [5.74, 6) is 0. The Hall–Kier alpha value is -1.90. The molecular weight excluding hydrogens is 224 g/mol. The van der Waals surface area contributed by atoms with Crippen molar-refractivity contribution in [1.29, 1.82) is 0 Å². The molecule has 94 valence electrons. The number of hydrogen-bond donors (Lipinski definition) is 0. The second-order valence-electron chi connectivity index (χ2n) is 4.56. The monoisotopic (exact) mass is 242 g/mol. The molecular formula is C15H18N2O. The molecule has 3 heteroatoms. The summed E-state index contributed by atoms with van der Waals surface area (Å²) in [6, 6.07) is 5.77. The molecule has 2 rings (SSSR count). The molecule has 0 amide bonds. The van der Waals surface area contributed by atoms with Gasteiger partial charge in [-0.1, -0.05) is 19.1 Å². The Bertz CT molecular complexity index is 570. The molecule has 0 N–H and O–H groups in total. The fourth-order valence-corrected chi connectivity index (χ4v) is 2.21. The number of aryl methyl sites for hydroxylation is 2. The minimum atomic E-state index is 0.717. The number of hydrogen-bond acceptors (Lipinski definition) is 2. The van der Waals surface area contributed by atoms with Crippen LogP contribution >= 0.6 is 0 Å². The lowest BCUT2D eigenvalue weighted by Gasteiger charge is -2.07. The van der Waals surface area contributed by atoms with Crippen molar-refractivity contribution in [3.8, 4) is 11.1 Å². The number of aldehydes is 1. The van der Waals surface area contributed by atoms with E-state index in [0.717, 1.165) is 41.5 Å². The zero-order chi connectivity index (χ0) is 13.1. The summed E-state index contributed by atoms with van der Waals surface area (Å²) < 4.78 is 2.03. The molecule has 0 bridgehead atoms. The highest BCUT2D eigenvalue weighted by Crippen LogP contribution is 2.26. The quantitative estimate of drug-likeness (QED) is 0.770. The lowest BCUT2D eigenvalue weighted by Crippen LogP contribution is -2.01. The lowest BCUT2D eigenvalue weighted by molar-refractivity contribution is 0.112. The summed E-state index contributed by atoms with van der Waals surface area (Å²) in [7, 11) is 0. The first-order valence-electron chi connectivity index (χ1n) is 6.26. The Labute approximate surface area is 107 Å². The molecule has 0 saturated heterocycles. The van der Waals surface area contributed by atoms with Gasteiger partial charge in [0.15, 0.2) is 0 Å². The summed E-state index contributed by atoms with van der Waals surface area (Å²) in [5.41, 5.74) is 5.31.